The largest absolute Gasteiger partial charge is 0.349 e. The summed E-state index contributed by atoms with van der Waals surface area (Å²) < 4.78 is 0. The number of hydrogen-bond donors (Lipinski definition) is 5. The number of rotatable bonds is 8. The van der Waals surface area contributed by atoms with Crippen LogP contribution >= 0.6 is 11.6 Å². The molecule has 0 aliphatic carbocycles. The van der Waals surface area contributed by atoms with Crippen molar-refractivity contribution in [3.63, 3.8) is 0 Å². The minimum absolute atomic E-state index is 0.190. The van der Waals surface area contributed by atoms with Crippen LogP contribution in [0.3, 0.4) is 0 Å². The minimum Gasteiger partial charge on any atom is -0.349 e. The average molecular weight is 401 g/mol. The maximum atomic E-state index is 12.5. The summed E-state index contributed by atoms with van der Waals surface area (Å²) in [6.45, 7) is 3.02. The van der Waals surface area contributed by atoms with Gasteiger partial charge in [0, 0.05) is 35.6 Å². The zero-order chi connectivity index (χ0) is 19.9. The Morgan fingerprint density at radius 3 is 2.61 bits per heavy atom. The van der Waals surface area contributed by atoms with Crippen LogP contribution in [0.5, 0.6) is 0 Å². The number of carbonyl (C=O) groups is 1. The van der Waals surface area contributed by atoms with Gasteiger partial charge in [0.2, 0.25) is 0 Å². The van der Waals surface area contributed by atoms with Gasteiger partial charge in [0.15, 0.2) is 23.1 Å². The molecule has 2 heterocycles. The van der Waals surface area contributed by atoms with Crippen LogP contribution < -0.4 is 21.3 Å². The monoisotopic (exact) mass is 400 g/mol. The fraction of sp³-hybridized carbons (Fsp3) is 0.222. The highest BCUT2D eigenvalue weighted by Gasteiger charge is 2.16. The number of aromatic amines is 1. The summed E-state index contributed by atoms with van der Waals surface area (Å²) in [5.74, 6) is 1.06. The number of amides is 1. The van der Waals surface area contributed by atoms with Crippen LogP contribution in [-0.2, 0) is 0 Å². The second-order valence-electron chi connectivity index (χ2n) is 6.01. The molecule has 5 N–H and O–H groups in total. The van der Waals surface area contributed by atoms with E-state index in [1.807, 2.05) is 20.0 Å². The molecule has 0 fully saturated rings. The molecule has 9 nitrogen and oxygen atoms in total. The lowest BCUT2D eigenvalue weighted by atomic mass is 10.3. The summed E-state index contributed by atoms with van der Waals surface area (Å²) >= 11 is 5.94. The first-order valence-corrected chi connectivity index (χ1v) is 9.04. The van der Waals surface area contributed by atoms with E-state index in [0.29, 0.717) is 35.6 Å². The molecule has 0 bridgehead atoms. The second-order valence-corrected chi connectivity index (χ2v) is 6.44. The van der Waals surface area contributed by atoms with E-state index in [4.69, 9.17) is 11.6 Å². The number of likely N-dealkylation sites (N-methyl/N-ethyl adjacent to an activating group) is 1. The first kappa shape index (κ1) is 19.6. The lowest BCUT2D eigenvalue weighted by molar-refractivity contribution is 0.0950. The van der Waals surface area contributed by atoms with Crippen LogP contribution in [0.15, 0.2) is 36.5 Å². The van der Waals surface area contributed by atoms with Gasteiger partial charge in [-0.3, -0.25) is 9.89 Å². The molecule has 146 valence electrons. The fourth-order valence-electron chi connectivity index (χ4n) is 2.37. The molecule has 3 rings (SSSR count). The molecule has 2 aromatic heterocycles. The number of hydrogen-bond acceptors (Lipinski definition) is 7. The number of aryl methyl sites for hydroxylation is 1. The predicted molar refractivity (Wildman–Crippen MR) is 110 cm³/mol. The van der Waals surface area contributed by atoms with Crippen molar-refractivity contribution in [3.8, 4) is 0 Å². The van der Waals surface area contributed by atoms with Crippen molar-refractivity contribution in [2.75, 3.05) is 30.8 Å². The number of carbonyl (C=O) groups excluding carboxylic acids is 1. The molecule has 0 unspecified atom stereocenters. The molecule has 0 aliphatic rings. The molecule has 0 saturated carbocycles. The van der Waals surface area contributed by atoms with Crippen molar-refractivity contribution in [1.29, 1.82) is 0 Å². The third-order valence-corrected chi connectivity index (χ3v) is 3.97. The molecule has 0 atom stereocenters. The van der Waals surface area contributed by atoms with Crippen LogP contribution in [0.25, 0.3) is 0 Å². The Bertz CT molecular complexity index is 941. The van der Waals surface area contributed by atoms with Gasteiger partial charge in [-0.15, -0.1) is 0 Å². The first-order chi connectivity index (χ1) is 13.5. The molecule has 10 heteroatoms. The van der Waals surface area contributed by atoms with Gasteiger partial charge in [-0.05, 0) is 38.2 Å². The number of H-pyrrole nitrogens is 1. The molecular formula is C18H21ClN8O. The van der Waals surface area contributed by atoms with E-state index in [9.17, 15) is 4.79 Å². The number of halogens is 1. The molecule has 0 aliphatic heterocycles. The quantitative estimate of drug-likeness (QED) is 0.368. The highest BCUT2D eigenvalue weighted by atomic mass is 35.5. The standard InChI is InChI=1S/C18H21ClN8O/c1-11-9-14(27-26-11)24-15-10-22-16(18(28)21-8-7-20-2)17(25-15)23-13-5-3-12(19)4-6-13/h3-6,9-10,20H,7-8H2,1-2H3,(H,21,28)(H3,23,24,25,26,27). The summed E-state index contributed by atoms with van der Waals surface area (Å²) in [6, 6.07) is 8.93. The normalized spacial score (nSPS) is 10.5. The third kappa shape index (κ3) is 5.18. The maximum absolute atomic E-state index is 12.5. The number of anilines is 4. The molecule has 28 heavy (non-hydrogen) atoms. The molecule has 1 aromatic carbocycles. The zero-order valence-electron chi connectivity index (χ0n) is 15.5. The van der Waals surface area contributed by atoms with Crippen molar-refractivity contribution < 1.29 is 4.79 Å². The van der Waals surface area contributed by atoms with Gasteiger partial charge in [-0.1, -0.05) is 11.6 Å². The predicted octanol–water partition coefficient (Wildman–Crippen LogP) is 2.60. The van der Waals surface area contributed by atoms with Crippen LogP contribution in [-0.4, -0.2) is 46.2 Å². The Hall–Kier alpha value is -3.17. The van der Waals surface area contributed by atoms with E-state index in [1.54, 1.807) is 24.3 Å². The van der Waals surface area contributed by atoms with E-state index >= 15 is 0 Å². The lowest BCUT2D eigenvalue weighted by Gasteiger charge is -2.12. The Morgan fingerprint density at radius 1 is 1.14 bits per heavy atom. The van der Waals surface area contributed by atoms with E-state index in [-0.39, 0.29) is 11.6 Å². The Morgan fingerprint density at radius 2 is 1.93 bits per heavy atom. The molecule has 0 radical (unpaired) electrons. The van der Waals surface area contributed by atoms with Crippen molar-refractivity contribution in [2.24, 2.45) is 0 Å². The van der Waals surface area contributed by atoms with Gasteiger partial charge in [-0.25, -0.2) is 9.97 Å². The number of aromatic nitrogens is 4. The van der Waals surface area contributed by atoms with Crippen molar-refractivity contribution >= 4 is 40.6 Å². The zero-order valence-corrected chi connectivity index (χ0v) is 16.3. The van der Waals surface area contributed by atoms with E-state index in [1.165, 1.54) is 6.20 Å². The van der Waals surface area contributed by atoms with Crippen LogP contribution in [0.4, 0.5) is 23.1 Å². The lowest BCUT2D eigenvalue weighted by Crippen LogP contribution is -2.31. The SMILES string of the molecule is CNCCNC(=O)c1ncc(Nc2cc(C)[nH]n2)nc1Nc1ccc(Cl)cc1. The van der Waals surface area contributed by atoms with E-state index < -0.39 is 0 Å². The van der Waals surface area contributed by atoms with Gasteiger partial charge in [0.05, 0.1) is 6.20 Å². The van der Waals surface area contributed by atoms with Gasteiger partial charge < -0.3 is 21.3 Å². The second kappa shape index (κ2) is 9.16. The minimum atomic E-state index is -0.318. The van der Waals surface area contributed by atoms with Crippen molar-refractivity contribution in [3.05, 3.63) is 52.9 Å². The van der Waals surface area contributed by atoms with Gasteiger partial charge in [0.25, 0.3) is 5.91 Å². The summed E-state index contributed by atoms with van der Waals surface area (Å²) in [7, 11) is 1.82. The van der Waals surface area contributed by atoms with E-state index in [2.05, 4.69) is 41.4 Å². The van der Waals surface area contributed by atoms with Gasteiger partial charge >= 0.3 is 0 Å². The summed E-state index contributed by atoms with van der Waals surface area (Å²) in [5, 5.41) is 19.5. The summed E-state index contributed by atoms with van der Waals surface area (Å²) in [4.78, 5) is 21.3. The van der Waals surface area contributed by atoms with Gasteiger partial charge in [-0.2, -0.15) is 5.10 Å². The van der Waals surface area contributed by atoms with Crippen LogP contribution in [0.1, 0.15) is 16.2 Å². The first-order valence-electron chi connectivity index (χ1n) is 8.66. The molecular weight excluding hydrogens is 380 g/mol. The molecule has 0 saturated heterocycles. The highest BCUT2D eigenvalue weighted by molar-refractivity contribution is 6.30. The third-order valence-electron chi connectivity index (χ3n) is 3.72. The molecule has 1 amide bonds. The smallest absolute Gasteiger partial charge is 0.273 e. The summed E-state index contributed by atoms with van der Waals surface area (Å²) in [6.07, 6.45) is 1.49. The number of nitrogens with one attached hydrogen (secondary N) is 5. The fourth-order valence-corrected chi connectivity index (χ4v) is 2.50. The molecule has 3 aromatic rings. The Balaban J connectivity index is 1.86. The van der Waals surface area contributed by atoms with Gasteiger partial charge in [0.1, 0.15) is 0 Å². The summed E-state index contributed by atoms with van der Waals surface area (Å²) in [5.41, 5.74) is 1.83. The molecule has 0 spiro atoms. The van der Waals surface area contributed by atoms with Crippen molar-refractivity contribution in [1.82, 2.24) is 30.8 Å². The van der Waals surface area contributed by atoms with E-state index in [0.717, 1.165) is 11.4 Å². The maximum Gasteiger partial charge on any atom is 0.273 e. The average Bonchev–Trinajstić information content (AvgIpc) is 3.08. The van der Waals surface area contributed by atoms with Crippen molar-refractivity contribution in [2.45, 2.75) is 6.92 Å². The van der Waals surface area contributed by atoms with Crippen LogP contribution in [0.2, 0.25) is 5.02 Å². The highest BCUT2D eigenvalue weighted by Crippen LogP contribution is 2.22. The van der Waals surface area contributed by atoms with Crippen LogP contribution in [0, 0.1) is 6.92 Å². The Kier molecular flexibility index (Phi) is 6.41. The number of nitrogens with zero attached hydrogens (tertiary/aromatic N) is 3. The Labute approximate surface area is 167 Å². The number of benzene rings is 1. The topological polar surface area (TPSA) is 120 Å².